The second kappa shape index (κ2) is 8.79. The molecule has 3 aromatic rings. The third-order valence-electron chi connectivity index (χ3n) is 5.49. The smallest absolute Gasteiger partial charge is 0.251 e. The minimum absolute atomic E-state index is 0.254. The van der Waals surface area contributed by atoms with Crippen molar-refractivity contribution in [1.82, 2.24) is 20.1 Å². The number of hydrogen-bond acceptors (Lipinski definition) is 5. The van der Waals surface area contributed by atoms with Crippen LogP contribution in [-0.2, 0) is 17.8 Å². The SMILES string of the molecule is CCn1ncc2c(NC3CCOCC3)c(CNC(=O)c3ccc(F)cc3)c(C)nc21. The summed E-state index contributed by atoms with van der Waals surface area (Å²) < 4.78 is 20.5. The first kappa shape index (κ1) is 20.3. The molecule has 0 radical (unpaired) electrons. The van der Waals surface area contributed by atoms with Crippen molar-refractivity contribution in [2.75, 3.05) is 18.5 Å². The Balaban J connectivity index is 1.64. The van der Waals surface area contributed by atoms with Crippen molar-refractivity contribution in [3.63, 3.8) is 0 Å². The molecule has 1 saturated heterocycles. The number of carbonyl (C=O) groups excluding carboxylic acids is 1. The Kier molecular flexibility index (Phi) is 5.94. The molecule has 2 aromatic heterocycles. The third kappa shape index (κ3) is 4.14. The van der Waals surface area contributed by atoms with E-state index in [1.54, 1.807) is 0 Å². The lowest BCUT2D eigenvalue weighted by atomic mass is 10.0. The molecule has 0 aliphatic carbocycles. The van der Waals surface area contributed by atoms with Gasteiger partial charge >= 0.3 is 0 Å². The van der Waals surface area contributed by atoms with Crippen LogP contribution in [0.4, 0.5) is 10.1 Å². The summed E-state index contributed by atoms with van der Waals surface area (Å²) in [5, 5.41) is 12.0. The third-order valence-corrected chi connectivity index (χ3v) is 5.49. The standard InChI is InChI=1S/C22H26FN5O2/c1-3-28-21-19(13-25-28)20(27-17-8-10-30-11-9-17)18(14(2)26-21)12-24-22(29)15-4-6-16(23)7-5-15/h4-7,13,17H,3,8-12H2,1-2H3,(H,24,29)(H,26,27). The largest absolute Gasteiger partial charge is 0.381 e. The van der Waals surface area contributed by atoms with Gasteiger partial charge in [0.25, 0.3) is 5.91 Å². The second-order valence-corrected chi connectivity index (χ2v) is 7.47. The molecule has 0 spiro atoms. The van der Waals surface area contributed by atoms with Gasteiger partial charge in [-0.3, -0.25) is 4.79 Å². The van der Waals surface area contributed by atoms with Crippen LogP contribution in [0.1, 0.15) is 41.4 Å². The molecule has 1 fully saturated rings. The van der Waals surface area contributed by atoms with Crippen LogP contribution < -0.4 is 10.6 Å². The first-order valence-electron chi connectivity index (χ1n) is 10.3. The first-order chi connectivity index (χ1) is 14.6. The quantitative estimate of drug-likeness (QED) is 0.650. The zero-order valence-electron chi connectivity index (χ0n) is 17.2. The van der Waals surface area contributed by atoms with E-state index >= 15 is 0 Å². The number of pyridine rings is 1. The van der Waals surface area contributed by atoms with Crippen molar-refractivity contribution >= 4 is 22.6 Å². The summed E-state index contributed by atoms with van der Waals surface area (Å²) in [5.74, 6) is -0.622. The number of carbonyl (C=O) groups is 1. The minimum Gasteiger partial charge on any atom is -0.381 e. The number of benzene rings is 1. The van der Waals surface area contributed by atoms with E-state index in [-0.39, 0.29) is 11.7 Å². The molecular formula is C22H26FN5O2. The van der Waals surface area contributed by atoms with Gasteiger partial charge in [-0.1, -0.05) is 0 Å². The normalized spacial score (nSPS) is 14.8. The number of aromatic nitrogens is 3. The van der Waals surface area contributed by atoms with Gasteiger partial charge in [0.1, 0.15) is 5.82 Å². The Bertz CT molecular complexity index is 1040. The molecule has 0 bridgehead atoms. The number of nitrogens with one attached hydrogen (secondary N) is 2. The Labute approximate surface area is 174 Å². The molecular weight excluding hydrogens is 385 g/mol. The maximum absolute atomic E-state index is 13.1. The van der Waals surface area contributed by atoms with Crippen LogP contribution in [0.15, 0.2) is 30.5 Å². The lowest BCUT2D eigenvalue weighted by molar-refractivity contribution is 0.0904. The van der Waals surface area contributed by atoms with Crippen molar-refractivity contribution in [3.05, 3.63) is 53.1 Å². The van der Waals surface area contributed by atoms with Gasteiger partial charge in [0.2, 0.25) is 0 Å². The molecule has 2 N–H and O–H groups in total. The van der Waals surface area contributed by atoms with Crippen LogP contribution in [0.2, 0.25) is 0 Å². The van der Waals surface area contributed by atoms with Crippen molar-refractivity contribution in [2.24, 2.45) is 0 Å². The predicted molar refractivity (Wildman–Crippen MR) is 113 cm³/mol. The van der Waals surface area contributed by atoms with E-state index < -0.39 is 0 Å². The van der Waals surface area contributed by atoms with Gasteiger partial charge in [0.05, 0.1) is 17.3 Å². The summed E-state index contributed by atoms with van der Waals surface area (Å²) in [4.78, 5) is 17.3. The van der Waals surface area contributed by atoms with E-state index in [1.165, 1.54) is 24.3 Å². The second-order valence-electron chi connectivity index (χ2n) is 7.47. The van der Waals surface area contributed by atoms with E-state index in [9.17, 15) is 9.18 Å². The summed E-state index contributed by atoms with van der Waals surface area (Å²) in [7, 11) is 0. The molecule has 0 unspecified atom stereocenters. The molecule has 1 aliphatic heterocycles. The van der Waals surface area contributed by atoms with Gasteiger partial charge in [-0.15, -0.1) is 0 Å². The van der Waals surface area contributed by atoms with E-state index in [0.29, 0.717) is 18.2 Å². The van der Waals surface area contributed by atoms with Gasteiger partial charge in [-0.25, -0.2) is 14.1 Å². The zero-order chi connectivity index (χ0) is 21.1. The highest BCUT2D eigenvalue weighted by atomic mass is 19.1. The molecule has 1 aromatic carbocycles. The Morgan fingerprint density at radius 1 is 1.27 bits per heavy atom. The maximum Gasteiger partial charge on any atom is 0.251 e. The molecule has 1 amide bonds. The number of nitrogens with zero attached hydrogens (tertiary/aromatic N) is 3. The van der Waals surface area contributed by atoms with Crippen LogP contribution >= 0.6 is 0 Å². The fourth-order valence-corrected chi connectivity index (χ4v) is 3.77. The average molecular weight is 411 g/mol. The van der Waals surface area contributed by atoms with E-state index in [4.69, 9.17) is 9.72 Å². The summed E-state index contributed by atoms with van der Waals surface area (Å²) in [6.45, 7) is 6.49. The number of amides is 1. The van der Waals surface area contributed by atoms with Crippen molar-refractivity contribution < 1.29 is 13.9 Å². The van der Waals surface area contributed by atoms with Gasteiger partial charge in [-0.05, 0) is 51.0 Å². The summed E-state index contributed by atoms with van der Waals surface area (Å²) in [6.07, 6.45) is 3.68. The van der Waals surface area contributed by atoms with Gasteiger partial charge in [0, 0.05) is 49.2 Å². The molecule has 158 valence electrons. The van der Waals surface area contributed by atoms with Crippen molar-refractivity contribution in [3.8, 4) is 0 Å². The highest BCUT2D eigenvalue weighted by molar-refractivity contribution is 5.95. The summed E-state index contributed by atoms with van der Waals surface area (Å²) in [5.41, 5.74) is 3.98. The molecule has 1 aliphatic rings. The number of anilines is 1. The number of hydrogen-bond donors (Lipinski definition) is 2. The van der Waals surface area contributed by atoms with Crippen LogP contribution in [0, 0.1) is 12.7 Å². The highest BCUT2D eigenvalue weighted by Crippen LogP contribution is 2.30. The fraction of sp³-hybridized carbons (Fsp3) is 0.409. The number of halogens is 1. The molecule has 3 heterocycles. The number of fused-ring (bicyclic) bond motifs is 1. The van der Waals surface area contributed by atoms with Gasteiger partial charge < -0.3 is 15.4 Å². The van der Waals surface area contributed by atoms with E-state index in [2.05, 4.69) is 15.7 Å². The summed E-state index contributed by atoms with van der Waals surface area (Å²) >= 11 is 0. The number of aryl methyl sites for hydroxylation is 2. The minimum atomic E-state index is -0.368. The summed E-state index contributed by atoms with van der Waals surface area (Å²) in [6, 6.07) is 5.81. The van der Waals surface area contributed by atoms with Crippen LogP contribution in [0.5, 0.6) is 0 Å². The Morgan fingerprint density at radius 2 is 2.00 bits per heavy atom. The maximum atomic E-state index is 13.1. The monoisotopic (exact) mass is 411 g/mol. The van der Waals surface area contributed by atoms with Crippen LogP contribution in [0.25, 0.3) is 11.0 Å². The number of rotatable bonds is 6. The molecule has 7 nitrogen and oxygen atoms in total. The molecule has 8 heteroatoms. The fourth-order valence-electron chi connectivity index (χ4n) is 3.77. The van der Waals surface area contributed by atoms with Gasteiger partial charge in [-0.2, -0.15) is 5.10 Å². The average Bonchev–Trinajstić information content (AvgIpc) is 3.17. The van der Waals surface area contributed by atoms with E-state index in [1.807, 2.05) is 24.7 Å². The van der Waals surface area contributed by atoms with Crippen molar-refractivity contribution in [2.45, 2.75) is 45.8 Å². The van der Waals surface area contributed by atoms with Crippen LogP contribution in [0.3, 0.4) is 0 Å². The highest BCUT2D eigenvalue weighted by Gasteiger charge is 2.21. The zero-order valence-corrected chi connectivity index (χ0v) is 17.2. The molecule has 0 atom stereocenters. The first-order valence-corrected chi connectivity index (χ1v) is 10.3. The van der Waals surface area contributed by atoms with Crippen LogP contribution in [-0.4, -0.2) is 39.9 Å². The Hall–Kier alpha value is -3.00. The predicted octanol–water partition coefficient (Wildman–Crippen LogP) is 3.42. The molecule has 4 rings (SSSR count). The van der Waals surface area contributed by atoms with Gasteiger partial charge in [0.15, 0.2) is 5.65 Å². The van der Waals surface area contributed by atoms with Crippen molar-refractivity contribution in [1.29, 1.82) is 0 Å². The molecule has 0 saturated carbocycles. The number of ether oxygens (including phenoxy) is 1. The lowest BCUT2D eigenvalue weighted by Crippen LogP contribution is -2.30. The topological polar surface area (TPSA) is 81.1 Å². The van der Waals surface area contributed by atoms with E-state index in [0.717, 1.165) is 60.6 Å². The molecule has 30 heavy (non-hydrogen) atoms. The lowest BCUT2D eigenvalue weighted by Gasteiger charge is -2.26. The Morgan fingerprint density at radius 3 is 2.70 bits per heavy atom.